The molecule has 0 bridgehead atoms. The number of Topliss-reactive ketones (excluding diaryl/α,β-unsaturated/α-hetero) is 1. The Hall–Kier alpha value is -2.83. The number of H-pyrrole nitrogens is 1. The average molecular weight is 374 g/mol. The summed E-state index contributed by atoms with van der Waals surface area (Å²) in [6, 6.07) is 2.78. The zero-order valence-electron chi connectivity index (χ0n) is 16.6. The molecule has 1 N–H and O–H groups in total. The Morgan fingerprint density at radius 2 is 1.89 bits per heavy atom. The van der Waals surface area contributed by atoms with E-state index in [4.69, 9.17) is 9.15 Å². The van der Waals surface area contributed by atoms with Crippen molar-refractivity contribution in [3.05, 3.63) is 46.7 Å². The van der Waals surface area contributed by atoms with Crippen LogP contribution < -0.4 is 0 Å². The van der Waals surface area contributed by atoms with Crippen LogP contribution in [0.15, 0.2) is 22.8 Å². The van der Waals surface area contributed by atoms with Crippen molar-refractivity contribution >= 4 is 17.7 Å². The number of furan rings is 1. The highest BCUT2D eigenvalue weighted by Gasteiger charge is 2.32. The fourth-order valence-electron chi connectivity index (χ4n) is 3.08. The van der Waals surface area contributed by atoms with Crippen LogP contribution >= 0.6 is 0 Å². The molecule has 2 rings (SSSR count). The minimum absolute atomic E-state index is 0.147. The predicted molar refractivity (Wildman–Crippen MR) is 99.5 cm³/mol. The first-order valence-electron chi connectivity index (χ1n) is 8.83. The summed E-state index contributed by atoms with van der Waals surface area (Å²) in [4.78, 5) is 42.3. The number of aromatic amines is 1. The highest BCUT2D eigenvalue weighted by Crippen LogP contribution is 2.23. The van der Waals surface area contributed by atoms with Crippen LogP contribution in [0.4, 0.5) is 0 Å². The van der Waals surface area contributed by atoms with Gasteiger partial charge in [0.15, 0.2) is 5.78 Å². The number of nitrogens with zero attached hydrogens (tertiary/aromatic N) is 1. The number of aryl methyl sites for hydroxylation is 1. The molecule has 0 saturated carbocycles. The maximum Gasteiger partial charge on any atom is 0.354 e. The van der Waals surface area contributed by atoms with Gasteiger partial charge in [-0.05, 0) is 38.5 Å². The van der Waals surface area contributed by atoms with E-state index in [0.717, 1.165) is 0 Å². The van der Waals surface area contributed by atoms with Crippen molar-refractivity contribution in [2.45, 2.75) is 47.2 Å². The monoisotopic (exact) mass is 374 g/mol. The van der Waals surface area contributed by atoms with E-state index in [-0.39, 0.29) is 29.8 Å². The molecule has 0 aromatic carbocycles. The van der Waals surface area contributed by atoms with Gasteiger partial charge in [-0.1, -0.05) is 13.8 Å². The maximum atomic E-state index is 13.2. The fraction of sp³-hybridized carbons (Fsp3) is 0.450. The number of hydrogen-bond donors (Lipinski definition) is 1. The van der Waals surface area contributed by atoms with E-state index in [9.17, 15) is 14.4 Å². The molecule has 7 nitrogen and oxygen atoms in total. The number of amides is 1. The van der Waals surface area contributed by atoms with Gasteiger partial charge in [0.2, 0.25) is 5.91 Å². The van der Waals surface area contributed by atoms with E-state index in [1.165, 1.54) is 18.3 Å². The molecule has 0 radical (unpaired) electrons. The van der Waals surface area contributed by atoms with Crippen LogP contribution in [0.2, 0.25) is 0 Å². The number of ketones is 1. The van der Waals surface area contributed by atoms with Gasteiger partial charge in [-0.25, -0.2) is 4.79 Å². The normalized spacial score (nSPS) is 12.1. The van der Waals surface area contributed by atoms with Crippen molar-refractivity contribution < 1.29 is 23.5 Å². The van der Waals surface area contributed by atoms with Crippen LogP contribution in [0, 0.1) is 19.8 Å². The molecule has 0 aliphatic carbocycles. The first-order chi connectivity index (χ1) is 12.7. The third-order valence-electron chi connectivity index (χ3n) is 4.60. The molecule has 27 heavy (non-hydrogen) atoms. The van der Waals surface area contributed by atoms with E-state index in [1.807, 2.05) is 0 Å². The van der Waals surface area contributed by atoms with E-state index >= 15 is 0 Å². The molecule has 0 aliphatic heterocycles. The Kier molecular flexibility index (Phi) is 6.25. The Morgan fingerprint density at radius 3 is 2.41 bits per heavy atom. The lowest BCUT2D eigenvalue weighted by Gasteiger charge is -2.29. The lowest BCUT2D eigenvalue weighted by Crippen LogP contribution is -2.44. The summed E-state index contributed by atoms with van der Waals surface area (Å²) in [7, 11) is 1.29. The molecule has 0 saturated heterocycles. The van der Waals surface area contributed by atoms with Crippen molar-refractivity contribution in [2.75, 3.05) is 7.11 Å². The largest absolute Gasteiger partial charge is 0.467 e. The predicted octanol–water partition coefficient (Wildman–Crippen LogP) is 3.27. The topological polar surface area (TPSA) is 92.6 Å². The highest BCUT2D eigenvalue weighted by molar-refractivity contribution is 6.06. The molecule has 2 aromatic rings. The van der Waals surface area contributed by atoms with Crippen LogP contribution in [-0.2, 0) is 16.1 Å². The number of aromatic nitrogens is 1. The van der Waals surface area contributed by atoms with Crippen LogP contribution in [0.1, 0.15) is 58.6 Å². The summed E-state index contributed by atoms with van der Waals surface area (Å²) >= 11 is 0. The summed E-state index contributed by atoms with van der Waals surface area (Å²) in [5.74, 6) is -0.591. The summed E-state index contributed by atoms with van der Waals surface area (Å²) in [6.45, 7) is 8.88. The van der Waals surface area contributed by atoms with Gasteiger partial charge < -0.3 is 19.0 Å². The molecular formula is C20H26N2O5. The fourth-order valence-corrected chi connectivity index (χ4v) is 3.08. The number of carbonyl (C=O) groups excluding carboxylic acids is 3. The summed E-state index contributed by atoms with van der Waals surface area (Å²) < 4.78 is 10.1. The molecule has 2 heterocycles. The lowest BCUT2D eigenvalue weighted by atomic mass is 9.99. The molecule has 0 spiro atoms. The molecule has 7 heteroatoms. The second-order valence-corrected chi connectivity index (χ2v) is 6.86. The number of nitrogens with one attached hydrogen (secondary N) is 1. The Labute approximate surface area is 158 Å². The molecule has 1 amide bonds. The lowest BCUT2D eigenvalue weighted by molar-refractivity contribution is -0.136. The minimum Gasteiger partial charge on any atom is -0.467 e. The number of hydrogen-bond acceptors (Lipinski definition) is 5. The van der Waals surface area contributed by atoms with Gasteiger partial charge in [0, 0.05) is 17.2 Å². The van der Waals surface area contributed by atoms with E-state index in [2.05, 4.69) is 4.98 Å². The van der Waals surface area contributed by atoms with Crippen molar-refractivity contribution in [3.63, 3.8) is 0 Å². The third kappa shape index (κ3) is 4.13. The molecule has 1 atom stereocenters. The standard InChI is InChI=1S/C20H26N2O5/c1-11(2)19(24)22(10-15-8-7-9-27-15)14(5)18(23)16-12(3)17(20(25)26-6)21-13(16)4/h7-9,11,14,21H,10H2,1-6H3/t14-/m0/s1. The first-order valence-corrected chi connectivity index (χ1v) is 8.83. The van der Waals surface area contributed by atoms with Crippen molar-refractivity contribution in [1.29, 1.82) is 0 Å². The zero-order chi connectivity index (χ0) is 20.3. The van der Waals surface area contributed by atoms with E-state index in [1.54, 1.807) is 46.8 Å². The van der Waals surface area contributed by atoms with Crippen LogP contribution in [0.25, 0.3) is 0 Å². The molecular weight excluding hydrogens is 348 g/mol. The Balaban J connectivity index is 2.38. The van der Waals surface area contributed by atoms with Gasteiger partial charge in [0.1, 0.15) is 11.5 Å². The van der Waals surface area contributed by atoms with Crippen LogP contribution in [-0.4, -0.2) is 40.7 Å². The SMILES string of the molecule is COC(=O)c1[nH]c(C)c(C(=O)[C@H](C)N(Cc2ccco2)C(=O)C(C)C)c1C. The molecule has 146 valence electrons. The number of carbonyl (C=O) groups is 3. The highest BCUT2D eigenvalue weighted by atomic mass is 16.5. The van der Waals surface area contributed by atoms with Crippen molar-refractivity contribution in [1.82, 2.24) is 9.88 Å². The van der Waals surface area contributed by atoms with Crippen LogP contribution in [0.5, 0.6) is 0 Å². The first kappa shape index (κ1) is 20.5. The average Bonchev–Trinajstić information content (AvgIpc) is 3.24. The Morgan fingerprint density at radius 1 is 1.22 bits per heavy atom. The second kappa shape index (κ2) is 8.24. The smallest absolute Gasteiger partial charge is 0.354 e. The molecule has 0 aliphatic rings. The van der Waals surface area contributed by atoms with Crippen molar-refractivity contribution in [2.24, 2.45) is 5.92 Å². The second-order valence-electron chi connectivity index (χ2n) is 6.86. The summed E-state index contributed by atoms with van der Waals surface area (Å²) in [5, 5.41) is 0. The third-order valence-corrected chi connectivity index (χ3v) is 4.60. The summed E-state index contributed by atoms with van der Waals surface area (Å²) in [6.07, 6.45) is 1.53. The van der Waals surface area contributed by atoms with Gasteiger partial charge in [0.25, 0.3) is 0 Å². The molecule has 0 unspecified atom stereocenters. The number of methoxy groups -OCH3 is 1. The quantitative estimate of drug-likeness (QED) is 0.593. The number of ether oxygens (including phenoxy) is 1. The van der Waals surface area contributed by atoms with Gasteiger partial charge in [-0.3, -0.25) is 9.59 Å². The minimum atomic E-state index is -0.719. The van der Waals surface area contributed by atoms with Gasteiger partial charge >= 0.3 is 5.97 Å². The molecule has 0 fully saturated rings. The zero-order valence-corrected chi connectivity index (χ0v) is 16.6. The Bertz CT molecular complexity index is 833. The van der Waals surface area contributed by atoms with Gasteiger partial charge in [0.05, 0.1) is 26.0 Å². The van der Waals surface area contributed by atoms with Crippen molar-refractivity contribution in [3.8, 4) is 0 Å². The maximum absolute atomic E-state index is 13.2. The van der Waals surface area contributed by atoms with E-state index in [0.29, 0.717) is 22.6 Å². The van der Waals surface area contributed by atoms with Gasteiger partial charge in [-0.2, -0.15) is 0 Å². The summed E-state index contributed by atoms with van der Waals surface area (Å²) in [5.41, 5.74) is 1.74. The number of esters is 1. The molecule has 2 aromatic heterocycles. The van der Waals surface area contributed by atoms with Crippen LogP contribution in [0.3, 0.4) is 0 Å². The number of rotatable bonds is 7. The van der Waals surface area contributed by atoms with E-state index < -0.39 is 12.0 Å². The van der Waals surface area contributed by atoms with Gasteiger partial charge in [-0.15, -0.1) is 0 Å².